The molecule has 1 heteroatoms. The Morgan fingerprint density at radius 3 is 1.20 bits per heavy atom. The zero-order valence-corrected chi connectivity index (χ0v) is 12.7. The minimum atomic E-state index is -0.0526. The molecule has 0 saturated carbocycles. The number of hydrogen-bond donors (Lipinski definition) is 1. The molecule has 0 aliphatic carbocycles. The van der Waals surface area contributed by atoms with Crippen LogP contribution in [0.4, 0.5) is 0 Å². The molecule has 0 unspecified atom stereocenters. The Morgan fingerprint density at radius 2 is 1.13 bits per heavy atom. The van der Waals surface area contributed by atoms with E-state index in [9.17, 15) is 0 Å². The Balaban J connectivity index is -0.000000245. The lowest BCUT2D eigenvalue weighted by Crippen LogP contribution is -2.47. The molecule has 2 N–H and O–H groups in total. The molecule has 0 fully saturated rings. The Hall–Kier alpha value is -0.0400. The molecule has 96 valence electrons. The van der Waals surface area contributed by atoms with Gasteiger partial charge in [-0.3, -0.25) is 0 Å². The predicted octanol–water partition coefficient (Wildman–Crippen LogP) is 4.99. The lowest BCUT2D eigenvalue weighted by molar-refractivity contribution is 0.184. The van der Waals surface area contributed by atoms with Crippen LogP contribution < -0.4 is 5.73 Å². The van der Waals surface area contributed by atoms with Crippen LogP contribution in [0.1, 0.15) is 81.6 Å². The fourth-order valence-corrected chi connectivity index (χ4v) is 0.947. The highest BCUT2D eigenvalue weighted by Crippen LogP contribution is 2.32. The fraction of sp³-hybridized carbons (Fsp3) is 1.00. The van der Waals surface area contributed by atoms with Gasteiger partial charge >= 0.3 is 0 Å². The summed E-state index contributed by atoms with van der Waals surface area (Å²) in [5.74, 6) is 0. The van der Waals surface area contributed by atoms with E-state index in [4.69, 9.17) is 5.73 Å². The van der Waals surface area contributed by atoms with Crippen molar-refractivity contribution in [1.82, 2.24) is 0 Å². The minimum absolute atomic E-state index is 0.0526. The van der Waals surface area contributed by atoms with Crippen molar-refractivity contribution in [2.45, 2.75) is 87.1 Å². The summed E-state index contributed by atoms with van der Waals surface area (Å²) in [6, 6.07) is 0. The van der Waals surface area contributed by atoms with Gasteiger partial charge in [0.1, 0.15) is 0 Å². The monoisotopic (exact) mass is 217 g/mol. The average Bonchev–Trinajstić information content (AvgIpc) is 2.07. The summed E-state index contributed by atoms with van der Waals surface area (Å²) in [5.41, 5.74) is 6.21. The van der Waals surface area contributed by atoms with E-state index in [1.165, 1.54) is 19.3 Å². The van der Waals surface area contributed by atoms with Crippen LogP contribution in [0.5, 0.6) is 0 Å². The van der Waals surface area contributed by atoms with Gasteiger partial charge in [-0.1, -0.05) is 61.3 Å². The lowest BCUT2D eigenvalue weighted by atomic mass is 9.72. The largest absolute Gasteiger partial charge is 0.325 e. The van der Waals surface area contributed by atoms with Gasteiger partial charge in [0, 0.05) is 5.54 Å². The summed E-state index contributed by atoms with van der Waals surface area (Å²) in [6.07, 6.45) is 3.67. The molecule has 0 rings (SSSR count). The summed E-state index contributed by atoms with van der Waals surface area (Å²) >= 11 is 0. The smallest absolute Gasteiger partial charge is 0.0148 e. The zero-order chi connectivity index (χ0) is 13.1. The minimum Gasteiger partial charge on any atom is -0.325 e. The highest BCUT2D eigenvalue weighted by atomic mass is 14.7. The highest BCUT2D eigenvalue weighted by Gasteiger charge is 2.31. The summed E-state index contributed by atoms with van der Waals surface area (Å²) in [7, 11) is 0. The Labute approximate surface area is 98.8 Å². The molecule has 0 radical (unpaired) electrons. The van der Waals surface area contributed by atoms with E-state index in [-0.39, 0.29) is 11.0 Å². The Bertz CT molecular complexity index is 109. The maximum Gasteiger partial charge on any atom is 0.0148 e. The second-order valence-corrected chi connectivity index (χ2v) is 5.06. The van der Waals surface area contributed by atoms with Crippen molar-refractivity contribution >= 4 is 0 Å². The summed E-state index contributed by atoms with van der Waals surface area (Å²) in [4.78, 5) is 0. The van der Waals surface area contributed by atoms with Crippen LogP contribution in [0.2, 0.25) is 0 Å². The summed E-state index contributed by atoms with van der Waals surface area (Å²) in [6.45, 7) is 19.1. The van der Waals surface area contributed by atoms with E-state index < -0.39 is 0 Å². The zero-order valence-electron chi connectivity index (χ0n) is 12.7. The third kappa shape index (κ3) is 11.9. The van der Waals surface area contributed by atoms with Gasteiger partial charge in [-0.15, -0.1) is 0 Å². The summed E-state index contributed by atoms with van der Waals surface area (Å²) in [5, 5.41) is 0. The molecule has 1 nitrogen and oxygen atoms in total. The molecule has 0 saturated heterocycles. The van der Waals surface area contributed by atoms with Crippen molar-refractivity contribution in [3.05, 3.63) is 0 Å². The molecular weight excluding hydrogens is 182 g/mol. The first-order chi connectivity index (χ1) is 6.72. The van der Waals surface area contributed by atoms with Gasteiger partial charge in [0.2, 0.25) is 0 Å². The number of nitrogens with two attached hydrogens (primary N) is 1. The molecule has 0 aromatic carbocycles. The van der Waals surface area contributed by atoms with Crippen molar-refractivity contribution < 1.29 is 0 Å². The molecule has 0 aliphatic rings. The van der Waals surface area contributed by atoms with E-state index >= 15 is 0 Å². The molecule has 0 spiro atoms. The quantitative estimate of drug-likeness (QED) is 0.708. The third-order valence-corrected chi connectivity index (χ3v) is 2.62. The van der Waals surface area contributed by atoms with E-state index in [1.54, 1.807) is 0 Å². The van der Waals surface area contributed by atoms with Gasteiger partial charge in [-0.2, -0.15) is 0 Å². The van der Waals surface area contributed by atoms with Crippen LogP contribution >= 0.6 is 0 Å². The second-order valence-electron chi connectivity index (χ2n) is 5.06. The first kappa shape index (κ1) is 20.4. The van der Waals surface area contributed by atoms with Crippen LogP contribution in [0.25, 0.3) is 0 Å². The molecule has 0 aromatic rings. The number of hydrogen-bond acceptors (Lipinski definition) is 1. The van der Waals surface area contributed by atoms with Crippen molar-refractivity contribution in [2.24, 2.45) is 11.1 Å². The van der Waals surface area contributed by atoms with Gasteiger partial charge in [0.15, 0.2) is 0 Å². The van der Waals surface area contributed by atoms with Gasteiger partial charge in [0.25, 0.3) is 0 Å². The maximum atomic E-state index is 6.00. The van der Waals surface area contributed by atoms with Crippen LogP contribution in [-0.4, -0.2) is 5.54 Å². The van der Waals surface area contributed by atoms with Crippen molar-refractivity contribution in [2.75, 3.05) is 0 Å². The molecule has 15 heavy (non-hydrogen) atoms. The van der Waals surface area contributed by atoms with Gasteiger partial charge in [-0.25, -0.2) is 0 Å². The standard InChI is InChI=1S/C9H21N.C3H8.C2H6/c1-6-7-8(2,3)9(4,5)10;1-3-2;1-2/h6-7,10H2,1-5H3;3H2,1-2H3;1-2H3. The summed E-state index contributed by atoms with van der Waals surface area (Å²) < 4.78 is 0. The molecule has 0 aromatic heterocycles. The van der Waals surface area contributed by atoms with E-state index in [1.807, 2.05) is 13.8 Å². The molecular formula is C14H35N. The lowest BCUT2D eigenvalue weighted by Gasteiger charge is -2.38. The van der Waals surface area contributed by atoms with Gasteiger partial charge in [0.05, 0.1) is 0 Å². The molecule has 0 amide bonds. The van der Waals surface area contributed by atoms with Crippen LogP contribution in [0.3, 0.4) is 0 Å². The highest BCUT2D eigenvalue weighted by molar-refractivity contribution is 4.89. The topological polar surface area (TPSA) is 26.0 Å². The van der Waals surface area contributed by atoms with Crippen molar-refractivity contribution in [3.8, 4) is 0 Å². The normalized spacial score (nSPS) is 10.8. The van der Waals surface area contributed by atoms with E-state index in [0.29, 0.717) is 0 Å². The number of rotatable bonds is 3. The van der Waals surface area contributed by atoms with Gasteiger partial charge in [-0.05, 0) is 25.7 Å². The molecule has 0 atom stereocenters. The van der Waals surface area contributed by atoms with E-state index in [0.717, 1.165) is 0 Å². The van der Waals surface area contributed by atoms with Gasteiger partial charge < -0.3 is 5.73 Å². The maximum absolute atomic E-state index is 6.00. The van der Waals surface area contributed by atoms with Crippen LogP contribution in [0, 0.1) is 5.41 Å². The fourth-order valence-electron chi connectivity index (χ4n) is 0.947. The molecule has 0 bridgehead atoms. The Kier molecular flexibility index (Phi) is 14.2. The first-order valence-corrected chi connectivity index (χ1v) is 6.51. The second kappa shape index (κ2) is 10.5. The average molecular weight is 217 g/mol. The van der Waals surface area contributed by atoms with E-state index in [2.05, 4.69) is 48.5 Å². The molecule has 0 aliphatic heterocycles. The van der Waals surface area contributed by atoms with Crippen molar-refractivity contribution in [3.63, 3.8) is 0 Å². The van der Waals surface area contributed by atoms with Crippen LogP contribution in [-0.2, 0) is 0 Å². The van der Waals surface area contributed by atoms with Crippen molar-refractivity contribution in [1.29, 1.82) is 0 Å². The molecule has 0 heterocycles. The SMILES string of the molecule is CC.CCC.CCCC(C)(C)C(C)(C)N. The Morgan fingerprint density at radius 1 is 0.867 bits per heavy atom. The third-order valence-electron chi connectivity index (χ3n) is 2.62. The van der Waals surface area contributed by atoms with Crippen LogP contribution in [0.15, 0.2) is 0 Å². The first-order valence-electron chi connectivity index (χ1n) is 6.51. The predicted molar refractivity (Wildman–Crippen MR) is 74.3 cm³/mol.